The summed E-state index contributed by atoms with van der Waals surface area (Å²) in [6.45, 7) is 1.96. The minimum Gasteiger partial charge on any atom is -0.493 e. The van der Waals surface area contributed by atoms with Crippen LogP contribution in [0.2, 0.25) is 0 Å². The lowest BCUT2D eigenvalue weighted by molar-refractivity contribution is -0.139. The quantitative estimate of drug-likeness (QED) is 0.827. The molecule has 0 saturated heterocycles. The summed E-state index contributed by atoms with van der Waals surface area (Å²) in [5.74, 6) is -0.313. The van der Waals surface area contributed by atoms with Gasteiger partial charge in [0.25, 0.3) is 0 Å². The Kier molecular flexibility index (Phi) is 4.82. The monoisotopic (exact) mass is 238 g/mol. The van der Waals surface area contributed by atoms with Gasteiger partial charge in [-0.05, 0) is 12.5 Å². The molecule has 0 amide bonds. The maximum absolute atomic E-state index is 11.3. The van der Waals surface area contributed by atoms with E-state index in [9.17, 15) is 9.90 Å². The Morgan fingerprint density at radius 2 is 2.06 bits per heavy atom. The topological polar surface area (TPSA) is 55.8 Å². The first kappa shape index (κ1) is 13.4. The van der Waals surface area contributed by atoms with Crippen LogP contribution in [-0.4, -0.2) is 25.3 Å². The smallest absolute Gasteiger partial charge is 0.311 e. The van der Waals surface area contributed by atoms with Crippen LogP contribution >= 0.6 is 0 Å². The zero-order valence-electron chi connectivity index (χ0n) is 10.4. The molecule has 1 aromatic rings. The summed E-state index contributed by atoms with van der Waals surface area (Å²) >= 11 is 0. The van der Waals surface area contributed by atoms with E-state index < -0.39 is 11.9 Å². The third kappa shape index (κ3) is 2.90. The maximum atomic E-state index is 11.3. The number of ether oxygens (including phenoxy) is 2. The molecule has 94 valence electrons. The van der Waals surface area contributed by atoms with E-state index in [4.69, 9.17) is 9.47 Å². The Bertz CT molecular complexity index is 387. The molecule has 1 aromatic carbocycles. The zero-order valence-corrected chi connectivity index (χ0v) is 10.4. The van der Waals surface area contributed by atoms with Crippen molar-refractivity contribution in [2.75, 3.05) is 14.2 Å². The Morgan fingerprint density at radius 1 is 1.35 bits per heavy atom. The van der Waals surface area contributed by atoms with Crippen LogP contribution in [0.3, 0.4) is 0 Å². The van der Waals surface area contributed by atoms with Crippen molar-refractivity contribution in [1.29, 1.82) is 0 Å². The predicted molar refractivity (Wildman–Crippen MR) is 64.8 cm³/mol. The van der Waals surface area contributed by atoms with Gasteiger partial charge in [-0.15, -0.1) is 0 Å². The molecule has 0 radical (unpaired) electrons. The third-order valence-electron chi connectivity index (χ3n) is 2.68. The molecule has 1 unspecified atom stereocenters. The maximum Gasteiger partial charge on any atom is 0.311 e. The Balaban J connectivity index is 3.22. The van der Waals surface area contributed by atoms with Crippen LogP contribution in [0.5, 0.6) is 11.5 Å². The molecule has 0 heterocycles. The number of para-hydroxylation sites is 1. The van der Waals surface area contributed by atoms with Crippen molar-refractivity contribution in [2.45, 2.75) is 25.7 Å². The number of hydrogen-bond acceptors (Lipinski definition) is 3. The van der Waals surface area contributed by atoms with E-state index in [-0.39, 0.29) is 0 Å². The van der Waals surface area contributed by atoms with Crippen molar-refractivity contribution in [2.24, 2.45) is 0 Å². The normalized spacial score (nSPS) is 11.9. The highest BCUT2D eigenvalue weighted by molar-refractivity contribution is 5.77. The Morgan fingerprint density at radius 3 is 2.53 bits per heavy atom. The first-order valence-corrected chi connectivity index (χ1v) is 5.59. The first-order chi connectivity index (χ1) is 8.15. The molecule has 4 nitrogen and oxygen atoms in total. The highest BCUT2D eigenvalue weighted by Gasteiger charge is 2.24. The van der Waals surface area contributed by atoms with Crippen LogP contribution in [0.25, 0.3) is 0 Å². The van der Waals surface area contributed by atoms with Crippen molar-refractivity contribution < 1.29 is 19.4 Å². The van der Waals surface area contributed by atoms with Gasteiger partial charge < -0.3 is 14.6 Å². The molecule has 0 saturated carbocycles. The summed E-state index contributed by atoms with van der Waals surface area (Å²) < 4.78 is 10.4. The molecule has 4 heteroatoms. The van der Waals surface area contributed by atoms with Crippen molar-refractivity contribution in [3.05, 3.63) is 23.8 Å². The lowest BCUT2D eigenvalue weighted by Gasteiger charge is -2.17. The van der Waals surface area contributed by atoms with Crippen LogP contribution in [0, 0.1) is 0 Å². The summed E-state index contributed by atoms with van der Waals surface area (Å²) in [6.07, 6.45) is 1.39. The average Bonchev–Trinajstić information content (AvgIpc) is 2.34. The zero-order chi connectivity index (χ0) is 12.8. The molecule has 17 heavy (non-hydrogen) atoms. The number of carboxylic acid groups (broad SMARTS) is 1. The van der Waals surface area contributed by atoms with Crippen LogP contribution in [0.15, 0.2) is 18.2 Å². The number of methoxy groups -OCH3 is 2. The van der Waals surface area contributed by atoms with Crippen LogP contribution in [-0.2, 0) is 4.79 Å². The molecule has 0 aliphatic rings. The summed E-state index contributed by atoms with van der Waals surface area (Å²) in [6, 6.07) is 5.31. The predicted octanol–water partition coefficient (Wildman–Crippen LogP) is 2.67. The van der Waals surface area contributed by atoms with Gasteiger partial charge in [-0.25, -0.2) is 0 Å². The van der Waals surface area contributed by atoms with Crippen LogP contribution in [0.4, 0.5) is 0 Å². The molecule has 0 aliphatic carbocycles. The van der Waals surface area contributed by atoms with Gasteiger partial charge >= 0.3 is 5.97 Å². The van der Waals surface area contributed by atoms with E-state index in [0.717, 1.165) is 6.42 Å². The summed E-state index contributed by atoms with van der Waals surface area (Å²) in [7, 11) is 3.06. The highest BCUT2D eigenvalue weighted by atomic mass is 16.5. The standard InChI is InChI=1S/C13H18O4/c1-4-6-10(13(14)15)9-7-5-8-11(16-2)12(9)17-3/h5,7-8,10H,4,6H2,1-3H3,(H,14,15). The van der Waals surface area contributed by atoms with E-state index in [0.29, 0.717) is 23.5 Å². The summed E-state index contributed by atoms with van der Waals surface area (Å²) in [5.41, 5.74) is 0.668. The second kappa shape index (κ2) is 6.13. The Hall–Kier alpha value is -1.71. The number of aliphatic carboxylic acids is 1. The van der Waals surface area contributed by atoms with Gasteiger partial charge in [0.1, 0.15) is 0 Å². The molecule has 1 rings (SSSR count). The minimum absolute atomic E-state index is 0.510. The van der Waals surface area contributed by atoms with Gasteiger partial charge in [-0.3, -0.25) is 4.79 Å². The number of benzene rings is 1. The van der Waals surface area contributed by atoms with Gasteiger partial charge in [-0.1, -0.05) is 25.5 Å². The fourth-order valence-electron chi connectivity index (χ4n) is 1.89. The fourth-order valence-corrected chi connectivity index (χ4v) is 1.89. The second-order valence-electron chi connectivity index (χ2n) is 3.76. The van der Waals surface area contributed by atoms with E-state index in [1.54, 1.807) is 18.2 Å². The number of carboxylic acids is 1. The van der Waals surface area contributed by atoms with Gasteiger partial charge in [0.05, 0.1) is 20.1 Å². The van der Waals surface area contributed by atoms with Crippen LogP contribution in [0.1, 0.15) is 31.2 Å². The second-order valence-corrected chi connectivity index (χ2v) is 3.76. The van der Waals surface area contributed by atoms with Crippen molar-refractivity contribution in [1.82, 2.24) is 0 Å². The first-order valence-electron chi connectivity index (χ1n) is 5.59. The van der Waals surface area contributed by atoms with E-state index in [1.807, 2.05) is 6.92 Å². The van der Waals surface area contributed by atoms with E-state index in [1.165, 1.54) is 14.2 Å². The van der Waals surface area contributed by atoms with Crippen LogP contribution < -0.4 is 9.47 Å². The molecule has 0 aromatic heterocycles. The average molecular weight is 238 g/mol. The van der Waals surface area contributed by atoms with Gasteiger partial charge in [-0.2, -0.15) is 0 Å². The SMILES string of the molecule is CCCC(C(=O)O)c1cccc(OC)c1OC. The molecule has 1 N–H and O–H groups in total. The fraction of sp³-hybridized carbons (Fsp3) is 0.462. The molecule has 0 fully saturated rings. The largest absolute Gasteiger partial charge is 0.493 e. The molecular formula is C13H18O4. The van der Waals surface area contributed by atoms with Crippen molar-refractivity contribution in [3.8, 4) is 11.5 Å². The minimum atomic E-state index is -0.835. The van der Waals surface area contributed by atoms with Crippen molar-refractivity contribution in [3.63, 3.8) is 0 Å². The molecule has 0 bridgehead atoms. The van der Waals surface area contributed by atoms with E-state index in [2.05, 4.69) is 0 Å². The van der Waals surface area contributed by atoms with Gasteiger partial charge in [0.2, 0.25) is 0 Å². The number of rotatable bonds is 6. The molecular weight excluding hydrogens is 220 g/mol. The Labute approximate surface area is 101 Å². The highest BCUT2D eigenvalue weighted by Crippen LogP contribution is 2.37. The summed E-state index contributed by atoms with van der Waals surface area (Å²) in [5, 5.41) is 9.24. The van der Waals surface area contributed by atoms with Gasteiger partial charge in [0.15, 0.2) is 11.5 Å². The number of carbonyl (C=O) groups is 1. The third-order valence-corrected chi connectivity index (χ3v) is 2.68. The van der Waals surface area contributed by atoms with E-state index >= 15 is 0 Å². The van der Waals surface area contributed by atoms with Crippen molar-refractivity contribution >= 4 is 5.97 Å². The molecule has 1 atom stereocenters. The number of hydrogen-bond donors (Lipinski definition) is 1. The lowest BCUT2D eigenvalue weighted by atomic mass is 9.93. The summed E-state index contributed by atoms with van der Waals surface area (Å²) in [4.78, 5) is 11.3. The lowest BCUT2D eigenvalue weighted by Crippen LogP contribution is -2.13. The van der Waals surface area contributed by atoms with Gasteiger partial charge in [0, 0.05) is 5.56 Å². The molecule has 0 spiro atoms. The molecule has 0 aliphatic heterocycles.